The number of rotatable bonds is 8. The predicted molar refractivity (Wildman–Crippen MR) is 137 cm³/mol. The lowest BCUT2D eigenvalue weighted by Gasteiger charge is -2.32. The van der Waals surface area contributed by atoms with Crippen LogP contribution in [0.15, 0.2) is 78.9 Å². The van der Waals surface area contributed by atoms with Gasteiger partial charge in [-0.3, -0.25) is 14.4 Å². The van der Waals surface area contributed by atoms with Crippen LogP contribution in [0.3, 0.4) is 0 Å². The fourth-order valence-electron chi connectivity index (χ4n) is 4.06. The molecule has 1 atom stereocenters. The van der Waals surface area contributed by atoms with Gasteiger partial charge in [-0.1, -0.05) is 24.3 Å². The average molecular weight is 488 g/mol. The molecule has 36 heavy (non-hydrogen) atoms. The number of carbonyl (C=O) groups excluding carboxylic acids is 3. The van der Waals surface area contributed by atoms with Crippen molar-refractivity contribution in [1.29, 1.82) is 0 Å². The maximum Gasteiger partial charge on any atom is 0.262 e. The van der Waals surface area contributed by atoms with Gasteiger partial charge in [-0.15, -0.1) is 0 Å². The van der Waals surface area contributed by atoms with Crippen molar-refractivity contribution in [2.24, 2.45) is 5.92 Å². The molecule has 0 aliphatic carbocycles. The molecule has 0 spiro atoms. The summed E-state index contributed by atoms with van der Waals surface area (Å²) >= 11 is 0. The molecule has 1 aliphatic rings. The summed E-state index contributed by atoms with van der Waals surface area (Å²) in [6.07, 6.45) is 1.51. The number of anilines is 2. The summed E-state index contributed by atoms with van der Waals surface area (Å²) in [6, 6.07) is 23.0. The first kappa shape index (κ1) is 24.8. The highest BCUT2D eigenvalue weighted by Crippen LogP contribution is 2.22. The molecule has 1 fully saturated rings. The van der Waals surface area contributed by atoms with Crippen LogP contribution < -0.4 is 20.1 Å². The van der Waals surface area contributed by atoms with E-state index < -0.39 is 0 Å². The topological polar surface area (TPSA) is 97.0 Å². The standard InChI is InChI=1S/C28H29N3O5/c1-35-25-11-5-10-23(17-25)29-26(32)19-36-24-14-12-20(13-15-24)28(34)31-16-6-7-21(18-31)27(33)30-22-8-3-2-4-9-22/h2-5,8-15,17,21H,6-7,16,18-19H2,1H3,(H,29,32)(H,30,33). The Morgan fingerprint density at radius 1 is 0.889 bits per heavy atom. The predicted octanol–water partition coefficient (Wildman–Crippen LogP) is 4.20. The van der Waals surface area contributed by atoms with Crippen LogP contribution in [0.1, 0.15) is 23.2 Å². The van der Waals surface area contributed by atoms with Gasteiger partial charge in [-0.2, -0.15) is 0 Å². The summed E-state index contributed by atoms with van der Waals surface area (Å²) in [5.41, 5.74) is 1.87. The lowest BCUT2D eigenvalue weighted by molar-refractivity contribution is -0.121. The Labute approximate surface area is 210 Å². The molecule has 1 unspecified atom stereocenters. The van der Waals surface area contributed by atoms with Crippen LogP contribution in [0.2, 0.25) is 0 Å². The van der Waals surface area contributed by atoms with Crippen molar-refractivity contribution in [1.82, 2.24) is 4.90 Å². The monoisotopic (exact) mass is 487 g/mol. The summed E-state index contributed by atoms with van der Waals surface area (Å²) in [5.74, 6) is 0.353. The first-order chi connectivity index (χ1) is 17.5. The first-order valence-electron chi connectivity index (χ1n) is 11.8. The Morgan fingerprint density at radius 2 is 1.64 bits per heavy atom. The second-order valence-corrected chi connectivity index (χ2v) is 8.54. The van der Waals surface area contributed by atoms with Crippen molar-refractivity contribution in [3.8, 4) is 11.5 Å². The van der Waals surface area contributed by atoms with Gasteiger partial charge in [0.2, 0.25) is 5.91 Å². The minimum Gasteiger partial charge on any atom is -0.497 e. The van der Waals surface area contributed by atoms with E-state index in [0.717, 1.165) is 18.5 Å². The molecule has 1 aliphatic heterocycles. The van der Waals surface area contributed by atoms with Crippen LogP contribution in [0.5, 0.6) is 11.5 Å². The van der Waals surface area contributed by atoms with E-state index in [1.165, 1.54) is 0 Å². The van der Waals surface area contributed by atoms with Gasteiger partial charge < -0.3 is 25.0 Å². The Balaban J connectivity index is 1.28. The average Bonchev–Trinajstić information content (AvgIpc) is 2.92. The van der Waals surface area contributed by atoms with Crippen LogP contribution in [-0.4, -0.2) is 49.4 Å². The molecule has 3 amide bonds. The van der Waals surface area contributed by atoms with Crippen molar-refractivity contribution in [2.45, 2.75) is 12.8 Å². The molecule has 0 radical (unpaired) electrons. The Bertz CT molecular complexity index is 1200. The van der Waals surface area contributed by atoms with E-state index in [9.17, 15) is 14.4 Å². The van der Waals surface area contributed by atoms with Crippen molar-refractivity contribution in [2.75, 3.05) is 37.4 Å². The van der Waals surface area contributed by atoms with Crippen molar-refractivity contribution >= 4 is 29.1 Å². The minimum atomic E-state index is -0.309. The van der Waals surface area contributed by atoms with E-state index in [4.69, 9.17) is 9.47 Å². The highest BCUT2D eigenvalue weighted by Gasteiger charge is 2.29. The van der Waals surface area contributed by atoms with Gasteiger partial charge >= 0.3 is 0 Å². The maximum absolute atomic E-state index is 13.0. The fourth-order valence-corrected chi connectivity index (χ4v) is 4.06. The third-order valence-electron chi connectivity index (χ3n) is 5.95. The Morgan fingerprint density at radius 3 is 2.39 bits per heavy atom. The smallest absolute Gasteiger partial charge is 0.262 e. The zero-order valence-electron chi connectivity index (χ0n) is 20.1. The van der Waals surface area contributed by atoms with Gasteiger partial charge in [0.1, 0.15) is 11.5 Å². The van der Waals surface area contributed by atoms with Gasteiger partial charge in [0.15, 0.2) is 6.61 Å². The molecule has 0 bridgehead atoms. The SMILES string of the molecule is COc1cccc(NC(=O)COc2ccc(C(=O)N3CCCC(C(=O)Nc4ccccc4)C3)cc2)c1. The number of benzene rings is 3. The molecule has 8 heteroatoms. The summed E-state index contributed by atoms with van der Waals surface area (Å²) in [5, 5.41) is 5.68. The molecule has 8 nitrogen and oxygen atoms in total. The van der Waals surface area contributed by atoms with Gasteiger partial charge in [0.25, 0.3) is 11.8 Å². The van der Waals surface area contributed by atoms with Crippen molar-refractivity contribution in [3.63, 3.8) is 0 Å². The summed E-state index contributed by atoms with van der Waals surface area (Å²) in [7, 11) is 1.56. The number of nitrogens with zero attached hydrogens (tertiary/aromatic N) is 1. The lowest BCUT2D eigenvalue weighted by atomic mass is 9.96. The van der Waals surface area contributed by atoms with E-state index in [0.29, 0.717) is 35.8 Å². The number of hydrogen-bond acceptors (Lipinski definition) is 5. The number of carbonyl (C=O) groups is 3. The summed E-state index contributed by atoms with van der Waals surface area (Å²) in [6.45, 7) is 0.811. The zero-order chi connectivity index (χ0) is 25.3. The molecule has 2 N–H and O–H groups in total. The summed E-state index contributed by atoms with van der Waals surface area (Å²) in [4.78, 5) is 39.6. The normalized spacial score (nSPS) is 15.0. The maximum atomic E-state index is 13.0. The molecule has 186 valence electrons. The Kier molecular flexibility index (Phi) is 8.18. The number of piperidine rings is 1. The van der Waals surface area contributed by atoms with Crippen LogP contribution in [0.25, 0.3) is 0 Å². The van der Waals surface area contributed by atoms with Gasteiger partial charge in [-0.05, 0) is 61.4 Å². The molecule has 4 rings (SSSR count). The van der Waals surface area contributed by atoms with Crippen LogP contribution in [-0.2, 0) is 9.59 Å². The third kappa shape index (κ3) is 6.63. The first-order valence-corrected chi connectivity index (χ1v) is 11.8. The third-order valence-corrected chi connectivity index (χ3v) is 5.95. The van der Waals surface area contributed by atoms with E-state index in [1.807, 2.05) is 30.3 Å². The van der Waals surface area contributed by atoms with E-state index in [-0.39, 0.29) is 30.2 Å². The van der Waals surface area contributed by atoms with Gasteiger partial charge in [-0.25, -0.2) is 0 Å². The second-order valence-electron chi connectivity index (χ2n) is 8.54. The molecular formula is C28H29N3O5. The Hall–Kier alpha value is -4.33. The van der Waals surface area contributed by atoms with Crippen LogP contribution in [0.4, 0.5) is 11.4 Å². The number of ether oxygens (including phenoxy) is 2. The van der Waals surface area contributed by atoms with Crippen LogP contribution in [0, 0.1) is 5.92 Å². The fraction of sp³-hybridized carbons (Fsp3) is 0.250. The second kappa shape index (κ2) is 11.9. The molecule has 3 aromatic rings. The van der Waals surface area contributed by atoms with Crippen molar-refractivity contribution < 1.29 is 23.9 Å². The number of nitrogens with one attached hydrogen (secondary N) is 2. The van der Waals surface area contributed by atoms with E-state index in [1.54, 1.807) is 60.5 Å². The van der Waals surface area contributed by atoms with Crippen molar-refractivity contribution in [3.05, 3.63) is 84.4 Å². The molecule has 3 aromatic carbocycles. The van der Waals surface area contributed by atoms with Crippen LogP contribution >= 0.6 is 0 Å². The number of hydrogen-bond donors (Lipinski definition) is 2. The number of para-hydroxylation sites is 1. The number of methoxy groups -OCH3 is 1. The van der Waals surface area contributed by atoms with Gasteiger partial charge in [0, 0.05) is 36.1 Å². The van der Waals surface area contributed by atoms with E-state index in [2.05, 4.69) is 10.6 Å². The zero-order valence-corrected chi connectivity index (χ0v) is 20.1. The number of amides is 3. The molecule has 1 heterocycles. The van der Waals surface area contributed by atoms with Gasteiger partial charge in [0.05, 0.1) is 13.0 Å². The molecular weight excluding hydrogens is 458 g/mol. The largest absolute Gasteiger partial charge is 0.497 e. The quantitative estimate of drug-likeness (QED) is 0.496. The molecule has 0 aromatic heterocycles. The highest BCUT2D eigenvalue weighted by atomic mass is 16.5. The molecule has 0 saturated carbocycles. The lowest BCUT2D eigenvalue weighted by Crippen LogP contribution is -2.43. The molecule has 1 saturated heterocycles. The number of likely N-dealkylation sites (tertiary alicyclic amines) is 1. The highest BCUT2D eigenvalue weighted by molar-refractivity contribution is 5.96. The minimum absolute atomic E-state index is 0.0744. The van der Waals surface area contributed by atoms with E-state index >= 15 is 0 Å². The summed E-state index contributed by atoms with van der Waals surface area (Å²) < 4.78 is 10.7.